The van der Waals surface area contributed by atoms with Gasteiger partial charge in [0, 0.05) is 4.47 Å². The lowest BCUT2D eigenvalue weighted by atomic mass is 10.2. The number of halogens is 1. The zero-order valence-corrected chi connectivity index (χ0v) is 17.8. The number of aryl methyl sites for hydroxylation is 1. The fourth-order valence-corrected chi connectivity index (χ4v) is 2.61. The Morgan fingerprint density at radius 1 is 1.07 bits per heavy atom. The van der Waals surface area contributed by atoms with Crippen LogP contribution in [0, 0.1) is 6.92 Å². The SMILES string of the molecule is CCOc1ccc(Br)cc1C(=O)NC(=S)NNC(=O)COc1ccc(C)cc1. The minimum atomic E-state index is -0.465. The molecule has 0 fully saturated rings. The molecule has 28 heavy (non-hydrogen) atoms. The Balaban J connectivity index is 1.81. The molecule has 0 heterocycles. The van der Waals surface area contributed by atoms with Gasteiger partial charge in [0.15, 0.2) is 11.7 Å². The summed E-state index contributed by atoms with van der Waals surface area (Å²) < 4.78 is 11.5. The highest BCUT2D eigenvalue weighted by Gasteiger charge is 2.15. The summed E-state index contributed by atoms with van der Waals surface area (Å²) in [7, 11) is 0. The maximum atomic E-state index is 12.4. The monoisotopic (exact) mass is 465 g/mol. The van der Waals surface area contributed by atoms with Crippen molar-refractivity contribution in [2.24, 2.45) is 0 Å². The molecule has 0 spiro atoms. The van der Waals surface area contributed by atoms with Gasteiger partial charge in [-0.1, -0.05) is 33.6 Å². The van der Waals surface area contributed by atoms with Gasteiger partial charge in [-0.2, -0.15) is 0 Å². The maximum Gasteiger partial charge on any atom is 0.276 e. The number of hydrogen-bond donors (Lipinski definition) is 3. The molecule has 0 bridgehead atoms. The van der Waals surface area contributed by atoms with Crippen LogP contribution in [0.15, 0.2) is 46.9 Å². The summed E-state index contributed by atoms with van der Waals surface area (Å²) in [5.41, 5.74) is 6.23. The van der Waals surface area contributed by atoms with E-state index in [-0.39, 0.29) is 11.7 Å². The number of hydrazine groups is 1. The van der Waals surface area contributed by atoms with E-state index in [9.17, 15) is 9.59 Å². The van der Waals surface area contributed by atoms with Gasteiger partial charge >= 0.3 is 0 Å². The Bertz CT molecular complexity index is 859. The lowest BCUT2D eigenvalue weighted by Crippen LogP contribution is -2.49. The third-order valence-electron chi connectivity index (χ3n) is 3.42. The van der Waals surface area contributed by atoms with Gasteiger partial charge in [-0.3, -0.25) is 25.8 Å². The zero-order valence-electron chi connectivity index (χ0n) is 15.4. The first-order valence-corrected chi connectivity index (χ1v) is 9.61. The number of ether oxygens (including phenoxy) is 2. The van der Waals surface area contributed by atoms with Crippen LogP contribution in [-0.2, 0) is 4.79 Å². The molecule has 0 saturated carbocycles. The normalized spacial score (nSPS) is 9.96. The van der Waals surface area contributed by atoms with E-state index >= 15 is 0 Å². The predicted octanol–water partition coefficient (Wildman–Crippen LogP) is 2.87. The van der Waals surface area contributed by atoms with Gasteiger partial charge in [0.1, 0.15) is 11.5 Å². The first-order valence-electron chi connectivity index (χ1n) is 8.41. The summed E-state index contributed by atoms with van der Waals surface area (Å²) in [4.78, 5) is 24.2. The first-order chi connectivity index (χ1) is 13.4. The van der Waals surface area contributed by atoms with E-state index in [1.807, 2.05) is 26.0 Å². The summed E-state index contributed by atoms with van der Waals surface area (Å²) in [6.45, 7) is 4.00. The lowest BCUT2D eigenvalue weighted by Gasteiger charge is -2.13. The van der Waals surface area contributed by atoms with Gasteiger partial charge in [-0.25, -0.2) is 0 Å². The van der Waals surface area contributed by atoms with Crippen LogP contribution in [-0.4, -0.2) is 30.1 Å². The number of rotatable bonds is 6. The molecule has 0 aliphatic heterocycles. The van der Waals surface area contributed by atoms with Crippen molar-refractivity contribution in [3.63, 3.8) is 0 Å². The molecule has 7 nitrogen and oxygen atoms in total. The van der Waals surface area contributed by atoms with E-state index < -0.39 is 11.8 Å². The smallest absolute Gasteiger partial charge is 0.276 e. The van der Waals surface area contributed by atoms with Crippen LogP contribution in [0.3, 0.4) is 0 Å². The van der Waals surface area contributed by atoms with Crippen molar-refractivity contribution in [2.75, 3.05) is 13.2 Å². The zero-order chi connectivity index (χ0) is 20.5. The largest absolute Gasteiger partial charge is 0.493 e. The third kappa shape index (κ3) is 6.82. The number of hydrogen-bond acceptors (Lipinski definition) is 5. The highest BCUT2D eigenvalue weighted by atomic mass is 79.9. The van der Waals surface area contributed by atoms with Crippen LogP contribution in [0.4, 0.5) is 0 Å². The molecular weight excluding hydrogens is 446 g/mol. The second kappa shape index (κ2) is 10.6. The molecule has 0 atom stereocenters. The van der Waals surface area contributed by atoms with Crippen molar-refractivity contribution in [3.8, 4) is 11.5 Å². The summed E-state index contributed by atoms with van der Waals surface area (Å²) in [6.07, 6.45) is 0. The average molecular weight is 466 g/mol. The Morgan fingerprint density at radius 2 is 1.79 bits per heavy atom. The van der Waals surface area contributed by atoms with Crippen LogP contribution in [0.2, 0.25) is 0 Å². The molecule has 0 aliphatic carbocycles. The van der Waals surface area contributed by atoms with Crippen LogP contribution in [0.5, 0.6) is 11.5 Å². The summed E-state index contributed by atoms with van der Waals surface area (Å²) in [5.74, 6) is 0.0957. The number of amides is 2. The number of carbonyl (C=O) groups excluding carboxylic acids is 2. The van der Waals surface area contributed by atoms with Gasteiger partial charge in [0.2, 0.25) is 0 Å². The molecule has 3 N–H and O–H groups in total. The second-order valence-corrected chi connectivity index (χ2v) is 6.96. The van der Waals surface area contributed by atoms with Crippen molar-refractivity contribution in [2.45, 2.75) is 13.8 Å². The number of carbonyl (C=O) groups is 2. The molecule has 2 rings (SSSR count). The average Bonchev–Trinajstić information content (AvgIpc) is 2.67. The van der Waals surface area contributed by atoms with Crippen molar-refractivity contribution in [1.29, 1.82) is 0 Å². The van der Waals surface area contributed by atoms with Crippen molar-refractivity contribution < 1.29 is 19.1 Å². The topological polar surface area (TPSA) is 88.7 Å². The van der Waals surface area contributed by atoms with Crippen molar-refractivity contribution in [1.82, 2.24) is 16.2 Å². The molecule has 0 aliphatic rings. The maximum absolute atomic E-state index is 12.4. The molecule has 0 unspecified atom stereocenters. The van der Waals surface area contributed by atoms with E-state index in [1.54, 1.807) is 30.3 Å². The fraction of sp³-hybridized carbons (Fsp3) is 0.211. The van der Waals surface area contributed by atoms with E-state index in [0.717, 1.165) is 10.0 Å². The summed E-state index contributed by atoms with van der Waals surface area (Å²) in [5, 5.41) is 2.42. The minimum Gasteiger partial charge on any atom is -0.493 e. The number of thiocarbonyl (C=S) groups is 1. The fourth-order valence-electron chi connectivity index (χ4n) is 2.11. The third-order valence-corrected chi connectivity index (χ3v) is 4.12. The molecule has 0 aromatic heterocycles. The Kier molecular flexibility index (Phi) is 8.21. The van der Waals surface area contributed by atoms with Crippen LogP contribution >= 0.6 is 28.1 Å². The van der Waals surface area contributed by atoms with E-state index in [4.69, 9.17) is 21.7 Å². The highest BCUT2D eigenvalue weighted by molar-refractivity contribution is 9.10. The molecule has 148 valence electrons. The first kappa shape index (κ1) is 21.6. The standard InChI is InChI=1S/C19H20BrN3O4S/c1-3-26-16-9-6-13(20)10-15(16)18(25)21-19(28)23-22-17(24)11-27-14-7-4-12(2)5-8-14/h4-10H,3,11H2,1-2H3,(H,22,24)(H2,21,23,25,28). The summed E-state index contributed by atoms with van der Waals surface area (Å²) in [6, 6.07) is 12.4. The minimum absolute atomic E-state index is 0.0592. The van der Waals surface area contributed by atoms with Crippen LogP contribution in [0.1, 0.15) is 22.8 Å². The van der Waals surface area contributed by atoms with Gasteiger partial charge < -0.3 is 9.47 Å². The van der Waals surface area contributed by atoms with Crippen molar-refractivity contribution in [3.05, 3.63) is 58.1 Å². The molecule has 2 amide bonds. The molecule has 9 heteroatoms. The lowest BCUT2D eigenvalue weighted by molar-refractivity contribution is -0.123. The Morgan fingerprint density at radius 3 is 2.46 bits per heavy atom. The van der Waals surface area contributed by atoms with Gasteiger partial charge in [-0.05, 0) is 56.4 Å². The molecule has 2 aromatic rings. The second-order valence-electron chi connectivity index (χ2n) is 5.63. The summed E-state index contributed by atoms with van der Waals surface area (Å²) >= 11 is 8.35. The number of nitrogens with one attached hydrogen (secondary N) is 3. The molecule has 0 radical (unpaired) electrons. The van der Waals surface area contributed by atoms with Gasteiger partial charge in [0.05, 0.1) is 12.2 Å². The van der Waals surface area contributed by atoms with E-state index in [1.165, 1.54) is 0 Å². The highest BCUT2D eigenvalue weighted by Crippen LogP contribution is 2.23. The number of benzene rings is 2. The van der Waals surface area contributed by atoms with Crippen LogP contribution in [0.25, 0.3) is 0 Å². The molecule has 2 aromatic carbocycles. The Labute approximate surface area is 176 Å². The van der Waals surface area contributed by atoms with E-state index in [2.05, 4.69) is 32.1 Å². The van der Waals surface area contributed by atoms with Gasteiger partial charge in [0.25, 0.3) is 11.8 Å². The van der Waals surface area contributed by atoms with E-state index in [0.29, 0.717) is 23.7 Å². The van der Waals surface area contributed by atoms with Crippen LogP contribution < -0.4 is 25.6 Å². The quantitative estimate of drug-likeness (QED) is 0.448. The van der Waals surface area contributed by atoms with Crippen molar-refractivity contribution >= 4 is 45.1 Å². The predicted molar refractivity (Wildman–Crippen MR) is 113 cm³/mol. The van der Waals surface area contributed by atoms with Gasteiger partial charge in [-0.15, -0.1) is 0 Å². The molecule has 0 saturated heterocycles. The molecular formula is C19H20BrN3O4S. The Hall–Kier alpha value is -2.65.